The largest absolute Gasteiger partial charge is 0.480 e. The molecule has 0 aliphatic rings. The van der Waals surface area contributed by atoms with Gasteiger partial charge in [0.15, 0.2) is 0 Å². The van der Waals surface area contributed by atoms with Gasteiger partial charge in [0.1, 0.15) is 6.04 Å². The summed E-state index contributed by atoms with van der Waals surface area (Å²) in [4.78, 5) is 21.0. The Morgan fingerprint density at radius 1 is 1.40 bits per heavy atom. The zero-order valence-corrected chi connectivity index (χ0v) is 9.32. The van der Waals surface area contributed by atoms with Crippen LogP contribution < -0.4 is 16.8 Å². The highest BCUT2D eigenvalue weighted by molar-refractivity contribution is 5.78. The molecule has 0 aromatic heterocycles. The van der Waals surface area contributed by atoms with Crippen LogP contribution in [0.5, 0.6) is 0 Å². The molecule has 0 aliphatic carbocycles. The molecule has 0 spiro atoms. The minimum absolute atomic E-state index is 0.158. The standard InChI is InChI=1S/C7H14N2O3.C2H7N/c1-2-9-6(10)4-3-5(8)7(11)12;1-2-3/h5H,2-4,8H2,1H3,(H,9,10)(H,11,12);2-3H2,1H3. The molecule has 0 fully saturated rings. The maximum absolute atomic E-state index is 10.8. The highest BCUT2D eigenvalue weighted by Crippen LogP contribution is 1.93. The van der Waals surface area contributed by atoms with E-state index in [2.05, 4.69) is 5.32 Å². The highest BCUT2D eigenvalue weighted by Gasteiger charge is 2.12. The van der Waals surface area contributed by atoms with Crippen LogP contribution in [0.3, 0.4) is 0 Å². The van der Waals surface area contributed by atoms with Gasteiger partial charge in [-0.2, -0.15) is 0 Å². The molecule has 1 amide bonds. The lowest BCUT2D eigenvalue weighted by atomic mass is 10.1. The van der Waals surface area contributed by atoms with Crippen LogP contribution in [0, 0.1) is 0 Å². The number of hydrogen-bond donors (Lipinski definition) is 4. The number of aliphatic carboxylic acids is 1. The van der Waals surface area contributed by atoms with Gasteiger partial charge in [-0.25, -0.2) is 0 Å². The Hall–Kier alpha value is -1.14. The molecule has 15 heavy (non-hydrogen) atoms. The Kier molecular flexibility index (Phi) is 11.9. The molecular formula is C9H21N3O3. The summed E-state index contributed by atoms with van der Waals surface area (Å²) in [5, 5.41) is 10.9. The van der Waals surface area contributed by atoms with E-state index in [0.29, 0.717) is 6.54 Å². The predicted octanol–water partition coefficient (Wildman–Crippen LogP) is -0.720. The smallest absolute Gasteiger partial charge is 0.320 e. The lowest BCUT2D eigenvalue weighted by Gasteiger charge is -2.05. The van der Waals surface area contributed by atoms with E-state index in [9.17, 15) is 9.59 Å². The lowest BCUT2D eigenvalue weighted by molar-refractivity contribution is -0.138. The lowest BCUT2D eigenvalue weighted by Crippen LogP contribution is -2.32. The molecule has 0 rings (SSSR count). The molecule has 0 aromatic rings. The van der Waals surface area contributed by atoms with Gasteiger partial charge in [0.2, 0.25) is 5.91 Å². The van der Waals surface area contributed by atoms with Crippen LogP contribution in [-0.4, -0.2) is 36.1 Å². The van der Waals surface area contributed by atoms with Crippen molar-refractivity contribution in [3.05, 3.63) is 0 Å². The summed E-state index contributed by atoms with van der Waals surface area (Å²) in [6.45, 7) is 5.01. The Labute approximate surface area is 90.0 Å². The SMILES string of the molecule is CCN.CCNC(=O)CCC(N)C(=O)O. The van der Waals surface area contributed by atoms with Crippen molar-refractivity contribution in [1.29, 1.82) is 0 Å². The second kappa shape index (κ2) is 10.9. The van der Waals surface area contributed by atoms with Crippen molar-refractivity contribution in [1.82, 2.24) is 5.32 Å². The Morgan fingerprint density at radius 2 is 1.87 bits per heavy atom. The summed E-state index contributed by atoms with van der Waals surface area (Å²) >= 11 is 0. The maximum atomic E-state index is 10.8. The summed E-state index contributed by atoms with van der Waals surface area (Å²) in [5.41, 5.74) is 10.0. The molecular weight excluding hydrogens is 198 g/mol. The first kappa shape index (κ1) is 16.3. The van der Waals surface area contributed by atoms with Crippen LogP contribution in [0.1, 0.15) is 26.7 Å². The number of hydrogen-bond acceptors (Lipinski definition) is 4. The molecule has 6 N–H and O–H groups in total. The number of carbonyl (C=O) groups excluding carboxylic acids is 1. The predicted molar refractivity (Wildman–Crippen MR) is 58.3 cm³/mol. The minimum atomic E-state index is -1.07. The fourth-order valence-electron chi connectivity index (χ4n) is 0.696. The number of carboxylic acids is 1. The van der Waals surface area contributed by atoms with E-state index in [1.165, 1.54) is 0 Å². The number of nitrogens with one attached hydrogen (secondary N) is 1. The van der Waals surface area contributed by atoms with Crippen molar-refractivity contribution in [2.45, 2.75) is 32.7 Å². The summed E-state index contributed by atoms with van der Waals surface area (Å²) < 4.78 is 0. The number of rotatable bonds is 5. The van der Waals surface area contributed by atoms with Gasteiger partial charge >= 0.3 is 5.97 Å². The van der Waals surface area contributed by atoms with Crippen LogP contribution in [-0.2, 0) is 9.59 Å². The minimum Gasteiger partial charge on any atom is -0.480 e. The van der Waals surface area contributed by atoms with E-state index in [-0.39, 0.29) is 18.7 Å². The van der Waals surface area contributed by atoms with Gasteiger partial charge in [-0.05, 0) is 19.9 Å². The summed E-state index contributed by atoms with van der Waals surface area (Å²) in [5.74, 6) is -1.23. The number of nitrogens with two attached hydrogens (primary N) is 2. The summed E-state index contributed by atoms with van der Waals surface area (Å²) in [6.07, 6.45) is 0.350. The third-order valence-electron chi connectivity index (χ3n) is 1.37. The zero-order chi connectivity index (χ0) is 12.3. The normalized spacial score (nSPS) is 10.9. The molecule has 6 nitrogen and oxygen atoms in total. The maximum Gasteiger partial charge on any atom is 0.320 e. The van der Waals surface area contributed by atoms with E-state index >= 15 is 0 Å². The van der Waals surface area contributed by atoms with Crippen molar-refractivity contribution >= 4 is 11.9 Å². The molecule has 0 aliphatic heterocycles. The second-order valence-corrected chi connectivity index (χ2v) is 2.85. The number of amides is 1. The van der Waals surface area contributed by atoms with Crippen LogP contribution in [0.15, 0.2) is 0 Å². The average molecular weight is 219 g/mol. The number of carboxylic acid groups (broad SMARTS) is 1. The fraction of sp³-hybridized carbons (Fsp3) is 0.778. The van der Waals surface area contributed by atoms with E-state index < -0.39 is 12.0 Å². The Morgan fingerprint density at radius 3 is 2.20 bits per heavy atom. The number of carbonyl (C=O) groups is 2. The Bertz CT molecular complexity index is 185. The highest BCUT2D eigenvalue weighted by atomic mass is 16.4. The molecule has 1 unspecified atom stereocenters. The fourth-order valence-corrected chi connectivity index (χ4v) is 0.696. The molecule has 0 bridgehead atoms. The van der Waals surface area contributed by atoms with E-state index in [1.54, 1.807) is 6.92 Å². The van der Waals surface area contributed by atoms with Crippen molar-refractivity contribution in [3.63, 3.8) is 0 Å². The third-order valence-corrected chi connectivity index (χ3v) is 1.37. The molecule has 90 valence electrons. The second-order valence-electron chi connectivity index (χ2n) is 2.85. The third kappa shape index (κ3) is 12.9. The Balaban J connectivity index is 0. The van der Waals surface area contributed by atoms with Gasteiger partial charge in [-0.1, -0.05) is 6.92 Å². The molecule has 0 heterocycles. The van der Waals surface area contributed by atoms with E-state index in [1.807, 2.05) is 6.92 Å². The summed E-state index contributed by atoms with van der Waals surface area (Å²) in [7, 11) is 0. The topological polar surface area (TPSA) is 118 Å². The van der Waals surface area contributed by atoms with Crippen LogP contribution in [0.4, 0.5) is 0 Å². The zero-order valence-electron chi connectivity index (χ0n) is 9.32. The molecule has 0 aromatic carbocycles. The summed E-state index contributed by atoms with van der Waals surface area (Å²) in [6, 6.07) is -0.937. The van der Waals surface area contributed by atoms with Gasteiger partial charge in [0, 0.05) is 13.0 Å². The van der Waals surface area contributed by atoms with Crippen molar-refractivity contribution in [3.8, 4) is 0 Å². The van der Waals surface area contributed by atoms with Gasteiger partial charge in [-0.3, -0.25) is 9.59 Å². The van der Waals surface area contributed by atoms with Gasteiger partial charge in [-0.15, -0.1) is 0 Å². The molecule has 0 saturated heterocycles. The quantitative estimate of drug-likeness (QED) is 0.486. The van der Waals surface area contributed by atoms with Crippen LogP contribution >= 0.6 is 0 Å². The van der Waals surface area contributed by atoms with Crippen LogP contribution in [0.25, 0.3) is 0 Å². The first-order valence-electron chi connectivity index (χ1n) is 4.94. The van der Waals surface area contributed by atoms with Gasteiger partial charge in [0.05, 0.1) is 0 Å². The molecule has 1 atom stereocenters. The van der Waals surface area contributed by atoms with Gasteiger partial charge in [0.25, 0.3) is 0 Å². The monoisotopic (exact) mass is 219 g/mol. The van der Waals surface area contributed by atoms with Crippen LogP contribution in [0.2, 0.25) is 0 Å². The molecule has 6 heteroatoms. The molecule has 0 radical (unpaired) electrons. The van der Waals surface area contributed by atoms with E-state index in [4.69, 9.17) is 16.6 Å². The van der Waals surface area contributed by atoms with Gasteiger partial charge < -0.3 is 21.9 Å². The van der Waals surface area contributed by atoms with E-state index in [0.717, 1.165) is 6.54 Å². The van der Waals surface area contributed by atoms with Crippen molar-refractivity contribution in [2.24, 2.45) is 11.5 Å². The first-order chi connectivity index (χ1) is 6.99. The molecule has 0 saturated carbocycles. The van der Waals surface area contributed by atoms with Crippen molar-refractivity contribution < 1.29 is 14.7 Å². The van der Waals surface area contributed by atoms with Crippen molar-refractivity contribution in [2.75, 3.05) is 13.1 Å². The average Bonchev–Trinajstić information content (AvgIpc) is 2.15. The first-order valence-corrected chi connectivity index (χ1v) is 4.94.